The predicted molar refractivity (Wildman–Crippen MR) is 71.2 cm³/mol. The summed E-state index contributed by atoms with van der Waals surface area (Å²) in [7, 11) is 1.93. The Balaban J connectivity index is 1.84. The van der Waals surface area contributed by atoms with Crippen LogP contribution in [0.25, 0.3) is 0 Å². The van der Waals surface area contributed by atoms with Crippen molar-refractivity contribution in [2.45, 2.75) is 44.2 Å². The normalized spacial score (nSPS) is 25.6. The quantitative estimate of drug-likeness (QED) is 0.775. The molecule has 0 bridgehead atoms. The number of nitriles is 1. The summed E-state index contributed by atoms with van der Waals surface area (Å²) < 4.78 is 5.67. The molecule has 0 radical (unpaired) electrons. The number of likely N-dealkylation sites (N-methyl/N-ethyl adjacent to an activating group) is 1. The Bertz CT molecular complexity index is 303. The summed E-state index contributed by atoms with van der Waals surface area (Å²) in [5.74, 6) is 0.553. The first-order chi connectivity index (χ1) is 8.74. The number of hydrogen-bond acceptors (Lipinski definition) is 4. The van der Waals surface area contributed by atoms with E-state index < -0.39 is 0 Å². The van der Waals surface area contributed by atoms with E-state index in [1.54, 1.807) is 0 Å². The molecule has 0 aromatic carbocycles. The van der Waals surface area contributed by atoms with Gasteiger partial charge < -0.3 is 15.0 Å². The monoisotopic (exact) mass is 251 g/mol. The molecule has 1 aliphatic carbocycles. The second kappa shape index (κ2) is 6.01. The third kappa shape index (κ3) is 3.03. The largest absolute Gasteiger partial charge is 0.378 e. The molecule has 0 amide bonds. The van der Waals surface area contributed by atoms with Crippen LogP contribution in [0.3, 0.4) is 0 Å². The molecule has 1 atom stereocenters. The smallest absolute Gasteiger partial charge is 0.122 e. The summed E-state index contributed by atoms with van der Waals surface area (Å²) in [6, 6.07) is 2.53. The molecule has 1 N–H and O–H groups in total. The lowest BCUT2D eigenvalue weighted by molar-refractivity contribution is 0.00960. The Kier molecular flexibility index (Phi) is 4.60. The number of nitrogens with one attached hydrogen (secondary N) is 1. The van der Waals surface area contributed by atoms with Crippen LogP contribution in [-0.2, 0) is 4.74 Å². The first-order valence-electron chi connectivity index (χ1n) is 7.18. The standard InChI is InChI=1S/C14H25N3O/c1-3-18-13-6-8-17(9-7-13)11-14(10-15,16-2)12-4-5-12/h12-13,16H,3-9,11H2,1-2H3. The van der Waals surface area contributed by atoms with Gasteiger partial charge in [-0.25, -0.2) is 0 Å². The molecule has 0 aromatic heterocycles. The topological polar surface area (TPSA) is 48.3 Å². The molecule has 18 heavy (non-hydrogen) atoms. The van der Waals surface area contributed by atoms with Crippen LogP contribution >= 0.6 is 0 Å². The zero-order chi connectivity index (χ0) is 13.0. The lowest BCUT2D eigenvalue weighted by Crippen LogP contribution is -2.54. The molecule has 2 aliphatic rings. The SMILES string of the molecule is CCOC1CCN(CC(C#N)(NC)C2CC2)CC1. The molecule has 1 heterocycles. The molecule has 4 heteroatoms. The zero-order valence-electron chi connectivity index (χ0n) is 11.6. The van der Waals surface area contributed by atoms with Crippen molar-refractivity contribution in [3.63, 3.8) is 0 Å². The molecule has 0 aromatic rings. The Hall–Kier alpha value is -0.630. The van der Waals surface area contributed by atoms with Gasteiger partial charge in [-0.1, -0.05) is 0 Å². The van der Waals surface area contributed by atoms with Crippen molar-refractivity contribution in [2.75, 3.05) is 33.3 Å². The van der Waals surface area contributed by atoms with Crippen molar-refractivity contribution >= 4 is 0 Å². The summed E-state index contributed by atoms with van der Waals surface area (Å²) in [6.07, 6.45) is 5.03. The van der Waals surface area contributed by atoms with Gasteiger partial charge in [-0.05, 0) is 45.6 Å². The minimum Gasteiger partial charge on any atom is -0.378 e. The number of nitrogens with zero attached hydrogens (tertiary/aromatic N) is 2. The number of piperidine rings is 1. The Morgan fingerprint density at radius 2 is 2.00 bits per heavy atom. The van der Waals surface area contributed by atoms with Crippen molar-refractivity contribution < 1.29 is 4.74 Å². The fourth-order valence-electron chi connectivity index (χ4n) is 2.99. The van der Waals surface area contributed by atoms with Crippen LogP contribution in [0.5, 0.6) is 0 Å². The number of ether oxygens (including phenoxy) is 1. The first kappa shape index (κ1) is 13.8. The molecule has 1 unspecified atom stereocenters. The van der Waals surface area contributed by atoms with Crippen LogP contribution in [0.4, 0.5) is 0 Å². The fourth-order valence-corrected chi connectivity index (χ4v) is 2.99. The van der Waals surface area contributed by atoms with E-state index in [2.05, 4.69) is 23.2 Å². The average Bonchev–Trinajstić information content (AvgIpc) is 3.23. The van der Waals surface area contributed by atoms with Gasteiger partial charge in [-0.3, -0.25) is 0 Å². The van der Waals surface area contributed by atoms with Gasteiger partial charge in [0.25, 0.3) is 0 Å². The van der Waals surface area contributed by atoms with Crippen molar-refractivity contribution in [1.82, 2.24) is 10.2 Å². The minimum atomic E-state index is -0.321. The van der Waals surface area contributed by atoms with Crippen LogP contribution in [0.2, 0.25) is 0 Å². The molecular formula is C14H25N3O. The molecule has 1 saturated carbocycles. The third-order valence-electron chi connectivity index (χ3n) is 4.33. The predicted octanol–water partition coefficient (Wildman–Crippen LogP) is 1.38. The van der Waals surface area contributed by atoms with E-state index in [-0.39, 0.29) is 5.54 Å². The highest BCUT2D eigenvalue weighted by Crippen LogP contribution is 2.40. The van der Waals surface area contributed by atoms with Crippen LogP contribution in [0.15, 0.2) is 0 Å². The molecule has 4 nitrogen and oxygen atoms in total. The van der Waals surface area contributed by atoms with Gasteiger partial charge in [0.1, 0.15) is 5.54 Å². The maximum atomic E-state index is 9.49. The average molecular weight is 251 g/mol. The zero-order valence-corrected chi connectivity index (χ0v) is 11.6. The van der Waals surface area contributed by atoms with Crippen molar-refractivity contribution in [1.29, 1.82) is 5.26 Å². The summed E-state index contributed by atoms with van der Waals surface area (Å²) in [6.45, 7) is 5.85. The Morgan fingerprint density at radius 1 is 1.33 bits per heavy atom. The summed E-state index contributed by atoms with van der Waals surface area (Å²) in [4.78, 5) is 2.42. The molecule has 0 spiro atoms. The molecule has 1 aliphatic heterocycles. The fraction of sp³-hybridized carbons (Fsp3) is 0.929. The number of rotatable bonds is 6. The van der Waals surface area contributed by atoms with Crippen LogP contribution in [0, 0.1) is 17.2 Å². The molecular weight excluding hydrogens is 226 g/mol. The van der Waals surface area contributed by atoms with Gasteiger partial charge in [-0.2, -0.15) is 5.26 Å². The van der Waals surface area contributed by atoms with E-state index in [1.165, 1.54) is 12.8 Å². The molecule has 102 valence electrons. The van der Waals surface area contributed by atoms with Crippen molar-refractivity contribution in [3.05, 3.63) is 0 Å². The van der Waals surface area contributed by atoms with Crippen LogP contribution in [-0.4, -0.2) is 49.8 Å². The van der Waals surface area contributed by atoms with Crippen molar-refractivity contribution in [3.8, 4) is 6.07 Å². The highest BCUT2D eigenvalue weighted by Gasteiger charge is 2.45. The van der Waals surface area contributed by atoms with Gasteiger partial charge in [0, 0.05) is 26.2 Å². The van der Waals surface area contributed by atoms with Gasteiger partial charge in [0.15, 0.2) is 0 Å². The molecule has 1 saturated heterocycles. The third-order valence-corrected chi connectivity index (χ3v) is 4.33. The highest BCUT2D eigenvalue weighted by atomic mass is 16.5. The van der Waals surface area contributed by atoms with E-state index in [0.29, 0.717) is 12.0 Å². The van der Waals surface area contributed by atoms with E-state index in [0.717, 1.165) is 39.1 Å². The molecule has 2 fully saturated rings. The van der Waals surface area contributed by atoms with Crippen LogP contribution in [0.1, 0.15) is 32.6 Å². The Morgan fingerprint density at radius 3 is 2.44 bits per heavy atom. The highest BCUT2D eigenvalue weighted by molar-refractivity contribution is 5.16. The lowest BCUT2D eigenvalue weighted by Gasteiger charge is -2.37. The summed E-state index contributed by atoms with van der Waals surface area (Å²) >= 11 is 0. The minimum absolute atomic E-state index is 0.321. The van der Waals surface area contributed by atoms with E-state index in [1.807, 2.05) is 7.05 Å². The lowest BCUT2D eigenvalue weighted by atomic mass is 9.93. The van der Waals surface area contributed by atoms with E-state index in [9.17, 15) is 5.26 Å². The van der Waals surface area contributed by atoms with Gasteiger partial charge in [-0.15, -0.1) is 0 Å². The van der Waals surface area contributed by atoms with E-state index >= 15 is 0 Å². The Labute approximate surface area is 110 Å². The van der Waals surface area contributed by atoms with Crippen molar-refractivity contribution in [2.24, 2.45) is 5.92 Å². The van der Waals surface area contributed by atoms with Crippen LogP contribution < -0.4 is 5.32 Å². The number of hydrogen-bond donors (Lipinski definition) is 1. The second-order valence-corrected chi connectivity index (χ2v) is 5.54. The maximum Gasteiger partial charge on any atom is 0.122 e. The van der Waals surface area contributed by atoms with Gasteiger partial charge >= 0.3 is 0 Å². The van der Waals surface area contributed by atoms with Gasteiger partial charge in [0.05, 0.1) is 12.2 Å². The number of likely N-dealkylation sites (tertiary alicyclic amines) is 1. The molecule has 2 rings (SSSR count). The van der Waals surface area contributed by atoms with Gasteiger partial charge in [0.2, 0.25) is 0 Å². The summed E-state index contributed by atoms with van der Waals surface area (Å²) in [5, 5.41) is 12.8. The maximum absolute atomic E-state index is 9.49. The van der Waals surface area contributed by atoms with E-state index in [4.69, 9.17) is 4.74 Å². The first-order valence-corrected chi connectivity index (χ1v) is 7.18. The summed E-state index contributed by atoms with van der Waals surface area (Å²) in [5.41, 5.74) is -0.321. The second-order valence-electron chi connectivity index (χ2n) is 5.54.